The molecule has 0 bridgehead atoms. The summed E-state index contributed by atoms with van der Waals surface area (Å²) in [6, 6.07) is 3.20. The highest BCUT2D eigenvalue weighted by Crippen LogP contribution is 2.44. The van der Waals surface area contributed by atoms with Crippen LogP contribution in [0.15, 0.2) is 12.1 Å². The van der Waals surface area contributed by atoms with E-state index in [9.17, 15) is 4.39 Å². The van der Waals surface area contributed by atoms with Gasteiger partial charge in [-0.2, -0.15) is 0 Å². The Morgan fingerprint density at radius 1 is 1.25 bits per heavy atom. The fourth-order valence-corrected chi connectivity index (χ4v) is 2.80. The zero-order valence-electron chi connectivity index (χ0n) is 12.7. The minimum absolute atomic E-state index is 0.0207. The predicted molar refractivity (Wildman–Crippen MR) is 77.8 cm³/mol. The average Bonchev–Trinajstić information content (AvgIpc) is 3.28. The lowest BCUT2D eigenvalue weighted by atomic mass is 9.90. The van der Waals surface area contributed by atoms with Gasteiger partial charge < -0.3 is 14.8 Å². The van der Waals surface area contributed by atoms with E-state index in [0.717, 1.165) is 6.54 Å². The van der Waals surface area contributed by atoms with Gasteiger partial charge in [-0.3, -0.25) is 0 Å². The van der Waals surface area contributed by atoms with Gasteiger partial charge in [0.2, 0.25) is 0 Å². The minimum atomic E-state index is -0.235. The highest BCUT2D eigenvalue weighted by atomic mass is 19.1. The summed E-state index contributed by atoms with van der Waals surface area (Å²) in [6.45, 7) is 5.06. The Labute approximate surface area is 120 Å². The van der Waals surface area contributed by atoms with Crippen molar-refractivity contribution in [2.75, 3.05) is 20.8 Å². The standard InChI is InChI=1S/C16H24FNO2/c1-5-18-16(10(2)11-6-7-11)12-8-14(19-3)15(20-4)9-13(12)17/h8-11,16,18H,5-7H2,1-4H3. The number of hydrogen-bond acceptors (Lipinski definition) is 3. The van der Waals surface area contributed by atoms with E-state index >= 15 is 0 Å². The van der Waals surface area contributed by atoms with Crippen molar-refractivity contribution < 1.29 is 13.9 Å². The predicted octanol–water partition coefficient (Wildman–Crippen LogP) is 3.54. The SMILES string of the molecule is CCNC(c1cc(OC)c(OC)cc1F)C(C)C1CC1. The molecule has 0 amide bonds. The number of halogens is 1. The fraction of sp³-hybridized carbons (Fsp3) is 0.625. The van der Waals surface area contributed by atoms with Crippen molar-refractivity contribution in [3.05, 3.63) is 23.5 Å². The first-order chi connectivity index (χ1) is 9.62. The van der Waals surface area contributed by atoms with Crippen molar-refractivity contribution >= 4 is 0 Å². The summed E-state index contributed by atoms with van der Waals surface area (Å²) >= 11 is 0. The van der Waals surface area contributed by atoms with E-state index in [1.54, 1.807) is 13.2 Å². The third-order valence-corrected chi connectivity index (χ3v) is 4.15. The average molecular weight is 281 g/mol. The van der Waals surface area contributed by atoms with Crippen molar-refractivity contribution in [3.8, 4) is 11.5 Å². The van der Waals surface area contributed by atoms with Gasteiger partial charge in [-0.25, -0.2) is 4.39 Å². The normalized spacial score (nSPS) is 17.6. The third kappa shape index (κ3) is 3.06. The number of rotatable bonds is 7. The first-order valence-corrected chi connectivity index (χ1v) is 7.27. The van der Waals surface area contributed by atoms with Crippen molar-refractivity contribution in [2.45, 2.75) is 32.7 Å². The van der Waals surface area contributed by atoms with Gasteiger partial charge in [0.05, 0.1) is 14.2 Å². The Hall–Kier alpha value is -1.29. The summed E-state index contributed by atoms with van der Waals surface area (Å²) in [7, 11) is 3.09. The summed E-state index contributed by atoms with van der Waals surface area (Å²) in [5.41, 5.74) is 0.670. The van der Waals surface area contributed by atoms with Crippen molar-refractivity contribution in [1.29, 1.82) is 0 Å². The molecule has 1 aromatic carbocycles. The lowest BCUT2D eigenvalue weighted by Gasteiger charge is -2.26. The Balaban J connectivity index is 2.36. The smallest absolute Gasteiger partial charge is 0.163 e. The molecule has 1 aliphatic carbocycles. The molecule has 2 rings (SSSR count). The maximum absolute atomic E-state index is 14.4. The maximum atomic E-state index is 14.4. The van der Waals surface area contributed by atoms with Crippen LogP contribution in [0.1, 0.15) is 38.3 Å². The number of hydrogen-bond donors (Lipinski definition) is 1. The molecule has 1 saturated carbocycles. The van der Waals surface area contributed by atoms with Crippen LogP contribution in [-0.2, 0) is 0 Å². The molecule has 20 heavy (non-hydrogen) atoms. The van der Waals surface area contributed by atoms with Gasteiger partial charge >= 0.3 is 0 Å². The van der Waals surface area contributed by atoms with Crippen molar-refractivity contribution in [3.63, 3.8) is 0 Å². The molecule has 4 heteroatoms. The largest absolute Gasteiger partial charge is 0.493 e. The van der Waals surface area contributed by atoms with Gasteiger partial charge in [0, 0.05) is 17.7 Å². The molecule has 0 spiro atoms. The second kappa shape index (κ2) is 6.44. The van der Waals surface area contributed by atoms with Crippen LogP contribution in [0.25, 0.3) is 0 Å². The molecule has 112 valence electrons. The van der Waals surface area contributed by atoms with Gasteiger partial charge in [-0.15, -0.1) is 0 Å². The minimum Gasteiger partial charge on any atom is -0.493 e. The fourth-order valence-electron chi connectivity index (χ4n) is 2.80. The number of methoxy groups -OCH3 is 2. The van der Waals surface area contributed by atoms with E-state index in [4.69, 9.17) is 9.47 Å². The maximum Gasteiger partial charge on any atom is 0.163 e. The zero-order valence-corrected chi connectivity index (χ0v) is 12.7. The topological polar surface area (TPSA) is 30.5 Å². The van der Waals surface area contributed by atoms with Crippen LogP contribution in [0, 0.1) is 17.7 Å². The molecule has 1 aromatic rings. The van der Waals surface area contributed by atoms with E-state index in [0.29, 0.717) is 28.9 Å². The van der Waals surface area contributed by atoms with Crippen LogP contribution < -0.4 is 14.8 Å². The van der Waals surface area contributed by atoms with Crippen molar-refractivity contribution in [2.24, 2.45) is 11.8 Å². The summed E-state index contributed by atoms with van der Waals surface area (Å²) in [6.07, 6.45) is 2.50. The first kappa shape index (κ1) is 15.1. The summed E-state index contributed by atoms with van der Waals surface area (Å²) in [5.74, 6) is 1.90. The third-order valence-electron chi connectivity index (χ3n) is 4.15. The number of benzene rings is 1. The van der Waals surface area contributed by atoms with E-state index in [1.165, 1.54) is 26.0 Å². The molecule has 0 aromatic heterocycles. The molecule has 0 heterocycles. The van der Waals surface area contributed by atoms with Gasteiger partial charge in [-0.1, -0.05) is 13.8 Å². The summed E-state index contributed by atoms with van der Waals surface area (Å²) < 4.78 is 24.8. The van der Waals surface area contributed by atoms with Crippen LogP contribution in [-0.4, -0.2) is 20.8 Å². The highest BCUT2D eigenvalue weighted by molar-refractivity contribution is 5.45. The molecule has 3 nitrogen and oxygen atoms in total. The van der Waals surface area contributed by atoms with Crippen LogP contribution >= 0.6 is 0 Å². The molecule has 2 unspecified atom stereocenters. The molecule has 0 radical (unpaired) electrons. The molecule has 2 atom stereocenters. The van der Waals surface area contributed by atoms with Crippen LogP contribution in [0.4, 0.5) is 4.39 Å². The second-order valence-corrected chi connectivity index (χ2v) is 5.46. The van der Waals surface area contributed by atoms with Gasteiger partial charge in [0.25, 0.3) is 0 Å². The Morgan fingerprint density at radius 3 is 2.35 bits per heavy atom. The Bertz CT molecular complexity index is 460. The van der Waals surface area contributed by atoms with E-state index in [2.05, 4.69) is 12.2 Å². The van der Waals surface area contributed by atoms with E-state index in [1.807, 2.05) is 6.92 Å². The van der Waals surface area contributed by atoms with Crippen LogP contribution in [0.2, 0.25) is 0 Å². The monoisotopic (exact) mass is 281 g/mol. The van der Waals surface area contributed by atoms with Gasteiger partial charge in [0.15, 0.2) is 11.5 Å². The molecular formula is C16H24FNO2. The van der Waals surface area contributed by atoms with E-state index < -0.39 is 0 Å². The lowest BCUT2D eigenvalue weighted by molar-refractivity contribution is 0.332. The van der Waals surface area contributed by atoms with E-state index in [-0.39, 0.29) is 11.9 Å². The number of ether oxygens (including phenoxy) is 2. The van der Waals surface area contributed by atoms with Crippen LogP contribution in [0.3, 0.4) is 0 Å². The zero-order chi connectivity index (χ0) is 14.7. The van der Waals surface area contributed by atoms with Gasteiger partial charge in [-0.05, 0) is 37.3 Å². The molecular weight excluding hydrogens is 257 g/mol. The molecule has 1 aliphatic rings. The molecule has 0 saturated heterocycles. The Kier molecular flexibility index (Phi) is 4.86. The molecule has 1 fully saturated rings. The molecule has 1 N–H and O–H groups in total. The summed E-state index contributed by atoms with van der Waals surface area (Å²) in [4.78, 5) is 0. The van der Waals surface area contributed by atoms with Gasteiger partial charge in [0.1, 0.15) is 5.82 Å². The first-order valence-electron chi connectivity index (χ1n) is 7.27. The lowest BCUT2D eigenvalue weighted by Crippen LogP contribution is -2.28. The van der Waals surface area contributed by atoms with Crippen LogP contribution in [0.5, 0.6) is 11.5 Å². The summed E-state index contributed by atoms with van der Waals surface area (Å²) in [5, 5.41) is 3.41. The number of nitrogens with one attached hydrogen (secondary N) is 1. The highest BCUT2D eigenvalue weighted by Gasteiger charge is 2.35. The molecule has 0 aliphatic heterocycles. The quantitative estimate of drug-likeness (QED) is 0.829. The Morgan fingerprint density at radius 2 is 1.85 bits per heavy atom. The second-order valence-electron chi connectivity index (χ2n) is 5.46. The van der Waals surface area contributed by atoms with Crippen molar-refractivity contribution in [1.82, 2.24) is 5.32 Å².